The molecule has 0 radical (unpaired) electrons. The number of imidazole rings is 1. The van der Waals surface area contributed by atoms with Crippen LogP contribution in [0, 0.1) is 12.7 Å². The molecule has 1 atom stereocenters. The second-order valence-corrected chi connectivity index (χ2v) is 8.99. The van der Waals surface area contributed by atoms with Crippen LogP contribution in [0.2, 0.25) is 0 Å². The molecule has 4 aromatic rings. The number of Topliss-reactive ketones (excluding diaryl/α,β-unsaturated/α-hetero) is 1. The summed E-state index contributed by atoms with van der Waals surface area (Å²) in [5, 5.41) is 11.1. The van der Waals surface area contributed by atoms with Gasteiger partial charge in [0.1, 0.15) is 17.3 Å². The van der Waals surface area contributed by atoms with E-state index in [2.05, 4.69) is 9.97 Å². The number of nitrogens with zero attached hydrogens (tertiary/aromatic N) is 2. The number of hydrogen-bond donors (Lipinski definition) is 2. The van der Waals surface area contributed by atoms with Gasteiger partial charge in [-0.05, 0) is 80.4 Å². The normalized spacial score (nSPS) is 17.4. The number of ether oxygens (including phenoxy) is 1. The van der Waals surface area contributed by atoms with Gasteiger partial charge in [0, 0.05) is 5.56 Å². The lowest BCUT2D eigenvalue weighted by atomic mass is 9.95. The lowest BCUT2D eigenvalue weighted by Gasteiger charge is -2.23. The van der Waals surface area contributed by atoms with Crippen molar-refractivity contribution in [1.29, 1.82) is 0 Å². The standard InChI is InChI=1S/C28H24FN3O4/c1-15(2)36-20-11-7-17(8-12-20)24-23(25(33)18-5-9-19(29)10-6-18)26(34)27(35)32(24)28-30-21-13-4-16(3)14-22(21)31-28/h4-15,24,33H,1-3H3,(H,30,31)/b25-23+. The molecule has 1 amide bonds. The molecule has 1 aromatic heterocycles. The Morgan fingerprint density at radius 2 is 1.75 bits per heavy atom. The predicted octanol–water partition coefficient (Wildman–Crippen LogP) is 5.42. The van der Waals surface area contributed by atoms with Crippen molar-refractivity contribution in [3.63, 3.8) is 0 Å². The number of aliphatic hydroxyl groups excluding tert-OH is 1. The zero-order valence-corrected chi connectivity index (χ0v) is 19.9. The van der Waals surface area contributed by atoms with Crippen molar-refractivity contribution in [3.8, 4) is 5.75 Å². The molecule has 0 spiro atoms. The number of aromatic amines is 1. The monoisotopic (exact) mass is 485 g/mol. The fraction of sp³-hybridized carbons (Fsp3) is 0.179. The summed E-state index contributed by atoms with van der Waals surface area (Å²) in [5.74, 6) is -1.76. The molecule has 1 unspecified atom stereocenters. The number of anilines is 1. The van der Waals surface area contributed by atoms with E-state index in [1.165, 1.54) is 29.2 Å². The molecule has 0 bridgehead atoms. The molecule has 1 fully saturated rings. The molecule has 3 aromatic carbocycles. The second-order valence-electron chi connectivity index (χ2n) is 8.99. The van der Waals surface area contributed by atoms with E-state index in [1.807, 2.05) is 39.0 Å². The van der Waals surface area contributed by atoms with Crippen LogP contribution in [0.15, 0.2) is 72.3 Å². The molecule has 0 aliphatic carbocycles. The van der Waals surface area contributed by atoms with E-state index in [4.69, 9.17) is 4.74 Å². The van der Waals surface area contributed by atoms with Gasteiger partial charge >= 0.3 is 5.91 Å². The van der Waals surface area contributed by atoms with E-state index in [0.717, 1.165) is 5.56 Å². The number of aromatic nitrogens is 2. The Morgan fingerprint density at radius 3 is 2.42 bits per heavy atom. The van der Waals surface area contributed by atoms with Crippen molar-refractivity contribution in [2.75, 3.05) is 4.90 Å². The first-order valence-corrected chi connectivity index (χ1v) is 11.5. The molecule has 5 rings (SSSR count). The first-order chi connectivity index (χ1) is 17.2. The van der Waals surface area contributed by atoms with Gasteiger partial charge in [0.2, 0.25) is 5.95 Å². The molecule has 1 aliphatic rings. The third-order valence-electron chi connectivity index (χ3n) is 5.98. The number of halogens is 1. The number of fused-ring (bicyclic) bond motifs is 1. The van der Waals surface area contributed by atoms with Gasteiger partial charge in [-0.15, -0.1) is 0 Å². The Kier molecular flexibility index (Phi) is 5.80. The van der Waals surface area contributed by atoms with Crippen molar-refractivity contribution in [2.24, 2.45) is 0 Å². The van der Waals surface area contributed by atoms with Crippen molar-refractivity contribution in [1.82, 2.24) is 9.97 Å². The molecular formula is C28H24FN3O4. The second kappa shape index (κ2) is 8.96. The summed E-state index contributed by atoms with van der Waals surface area (Å²) >= 11 is 0. The van der Waals surface area contributed by atoms with E-state index < -0.39 is 29.3 Å². The largest absolute Gasteiger partial charge is 0.507 e. The van der Waals surface area contributed by atoms with Crippen LogP contribution >= 0.6 is 0 Å². The zero-order valence-electron chi connectivity index (χ0n) is 19.9. The SMILES string of the molecule is Cc1ccc2nc(N3C(=O)C(=O)/C(=C(/O)c4ccc(F)cc4)C3c3ccc(OC(C)C)cc3)[nH]c2c1. The molecule has 182 valence electrons. The van der Waals surface area contributed by atoms with Gasteiger partial charge in [0.05, 0.1) is 28.8 Å². The minimum absolute atomic E-state index is 0.0287. The third kappa shape index (κ3) is 4.11. The maximum absolute atomic E-state index is 13.5. The van der Waals surface area contributed by atoms with Gasteiger partial charge in [-0.3, -0.25) is 14.5 Å². The fourth-order valence-electron chi connectivity index (χ4n) is 4.35. The number of ketones is 1. The molecule has 0 saturated carbocycles. The lowest BCUT2D eigenvalue weighted by Crippen LogP contribution is -2.30. The number of hydrogen-bond acceptors (Lipinski definition) is 5. The Labute approximate surface area is 206 Å². The van der Waals surface area contributed by atoms with Crippen molar-refractivity contribution < 1.29 is 23.8 Å². The van der Waals surface area contributed by atoms with Crippen LogP contribution < -0.4 is 9.64 Å². The topological polar surface area (TPSA) is 95.5 Å². The molecule has 36 heavy (non-hydrogen) atoms. The minimum atomic E-state index is -0.968. The number of rotatable bonds is 5. The zero-order chi connectivity index (χ0) is 25.6. The molecule has 1 aliphatic heterocycles. The van der Waals surface area contributed by atoms with Crippen LogP contribution in [0.3, 0.4) is 0 Å². The predicted molar refractivity (Wildman–Crippen MR) is 134 cm³/mol. The smallest absolute Gasteiger partial charge is 0.302 e. The van der Waals surface area contributed by atoms with E-state index >= 15 is 0 Å². The molecular weight excluding hydrogens is 461 g/mol. The van der Waals surface area contributed by atoms with E-state index in [0.29, 0.717) is 22.3 Å². The van der Waals surface area contributed by atoms with Crippen molar-refractivity contribution in [2.45, 2.75) is 32.9 Å². The summed E-state index contributed by atoms with van der Waals surface area (Å²) in [6.45, 7) is 5.76. The summed E-state index contributed by atoms with van der Waals surface area (Å²) in [7, 11) is 0. The maximum atomic E-state index is 13.5. The Hall–Kier alpha value is -4.46. The summed E-state index contributed by atoms with van der Waals surface area (Å²) in [5.41, 5.74) is 3.04. The van der Waals surface area contributed by atoms with Crippen molar-refractivity contribution >= 4 is 34.4 Å². The summed E-state index contributed by atoms with van der Waals surface area (Å²) in [6.07, 6.45) is -0.0287. The number of nitrogens with one attached hydrogen (secondary N) is 1. The van der Waals surface area contributed by atoms with Gasteiger partial charge in [0.15, 0.2) is 0 Å². The van der Waals surface area contributed by atoms with Gasteiger partial charge in [-0.2, -0.15) is 0 Å². The van der Waals surface area contributed by atoms with Crippen LogP contribution in [0.25, 0.3) is 16.8 Å². The fourth-order valence-corrected chi connectivity index (χ4v) is 4.35. The number of benzene rings is 3. The minimum Gasteiger partial charge on any atom is -0.507 e. The lowest BCUT2D eigenvalue weighted by molar-refractivity contribution is -0.132. The Balaban J connectivity index is 1.68. The summed E-state index contributed by atoms with van der Waals surface area (Å²) in [4.78, 5) is 35.6. The average Bonchev–Trinajstić information content (AvgIpc) is 3.37. The first-order valence-electron chi connectivity index (χ1n) is 11.5. The number of amides is 1. The maximum Gasteiger partial charge on any atom is 0.302 e. The molecule has 1 saturated heterocycles. The number of H-pyrrole nitrogens is 1. The number of carbonyl (C=O) groups is 2. The van der Waals surface area contributed by atoms with Crippen LogP contribution in [0.5, 0.6) is 5.75 Å². The van der Waals surface area contributed by atoms with Crippen LogP contribution in [0.4, 0.5) is 10.3 Å². The molecule has 8 heteroatoms. The van der Waals surface area contributed by atoms with Gasteiger partial charge < -0.3 is 14.8 Å². The number of aryl methyl sites for hydroxylation is 1. The van der Waals surface area contributed by atoms with E-state index in [9.17, 15) is 19.1 Å². The summed E-state index contributed by atoms with van der Waals surface area (Å²) < 4.78 is 19.2. The molecule has 2 N–H and O–H groups in total. The Bertz CT molecular complexity index is 1500. The van der Waals surface area contributed by atoms with Gasteiger partial charge in [-0.1, -0.05) is 18.2 Å². The quantitative estimate of drug-likeness (QED) is 0.223. The highest BCUT2D eigenvalue weighted by Gasteiger charge is 2.48. The highest BCUT2D eigenvalue weighted by molar-refractivity contribution is 6.51. The molecule has 2 heterocycles. The molecule has 7 nitrogen and oxygen atoms in total. The van der Waals surface area contributed by atoms with Crippen LogP contribution in [-0.4, -0.2) is 32.9 Å². The number of carbonyl (C=O) groups excluding carboxylic acids is 2. The highest BCUT2D eigenvalue weighted by atomic mass is 19.1. The third-order valence-corrected chi connectivity index (χ3v) is 5.98. The van der Waals surface area contributed by atoms with Crippen LogP contribution in [-0.2, 0) is 9.59 Å². The number of aliphatic hydroxyl groups is 1. The Morgan fingerprint density at radius 1 is 1.06 bits per heavy atom. The highest BCUT2D eigenvalue weighted by Crippen LogP contribution is 2.42. The van der Waals surface area contributed by atoms with E-state index in [-0.39, 0.29) is 23.2 Å². The first kappa shape index (κ1) is 23.3. The van der Waals surface area contributed by atoms with E-state index in [1.54, 1.807) is 24.3 Å². The van der Waals surface area contributed by atoms with Crippen LogP contribution in [0.1, 0.15) is 36.6 Å². The van der Waals surface area contributed by atoms with Crippen molar-refractivity contribution in [3.05, 3.63) is 94.8 Å². The summed E-state index contributed by atoms with van der Waals surface area (Å²) in [6, 6.07) is 16.7. The van der Waals surface area contributed by atoms with Gasteiger partial charge in [-0.25, -0.2) is 9.37 Å². The average molecular weight is 486 g/mol. The van der Waals surface area contributed by atoms with Gasteiger partial charge in [0.25, 0.3) is 5.78 Å².